The molecule has 1 aliphatic carbocycles. The van der Waals surface area contributed by atoms with Crippen molar-refractivity contribution in [3.05, 3.63) is 169 Å². The van der Waals surface area contributed by atoms with E-state index < -0.39 is 19.1 Å². The highest BCUT2D eigenvalue weighted by Gasteiger charge is 2.38. The molecule has 0 unspecified atom stereocenters. The molecule has 55 heavy (non-hydrogen) atoms. The molecular weight excluding hydrogens is 693 g/mol. The zero-order chi connectivity index (χ0) is 42.5. The van der Waals surface area contributed by atoms with E-state index in [2.05, 4.69) is 35.3 Å². The number of fused-ring (bicyclic) bond motifs is 8. The summed E-state index contributed by atoms with van der Waals surface area (Å²) in [5.41, 5.74) is 5.41. The van der Waals surface area contributed by atoms with Gasteiger partial charge < -0.3 is 4.42 Å². The summed E-state index contributed by atoms with van der Waals surface area (Å²) in [5, 5.41) is 2.07. The van der Waals surface area contributed by atoms with Crippen LogP contribution in [0.4, 0.5) is 0 Å². The SMILES string of the molecule is [2H]c1nc2ccc3c(c2o1)-c1ccc(-c2cccc4c2sc2c(-c5cccc(-c6nc(-c7ccccc7)nc(-c7ccccc7)n6)c5)cccc24)cc1C3(C([2H])([2H])[2H])C([2H])([2H])[2H]. The van der Waals surface area contributed by atoms with Crippen molar-refractivity contribution in [3.63, 3.8) is 0 Å². The molecule has 3 heterocycles. The van der Waals surface area contributed by atoms with Crippen LogP contribution in [0.3, 0.4) is 0 Å². The van der Waals surface area contributed by atoms with E-state index in [-0.39, 0.29) is 23.1 Å². The standard InChI is InChI=1S/C49H32N4OS/c1-49(2)39-24-25-41-43(54-28-50-41)42(39)38-23-22-32(27-40(38)49)35-19-11-21-37-36-20-10-18-34(44(36)55-45(35)37)31-16-9-17-33(26-31)48-52-46(29-12-5-3-6-13-29)51-47(53-48)30-14-7-4-8-15-30/h3-28H,1-2H3/i1D3,2D3,28D. The molecule has 0 radical (unpaired) electrons. The normalized spacial score (nSPS) is 15.4. The maximum Gasteiger partial charge on any atom is 0.182 e. The van der Waals surface area contributed by atoms with Crippen LogP contribution in [-0.2, 0) is 5.41 Å². The summed E-state index contributed by atoms with van der Waals surface area (Å²) in [6.07, 6.45) is -0.338. The molecule has 0 amide bonds. The number of oxazole rings is 1. The molecule has 3 aromatic heterocycles. The second kappa shape index (κ2) is 12.1. The van der Waals surface area contributed by atoms with E-state index in [9.17, 15) is 0 Å². The lowest BCUT2D eigenvalue weighted by Crippen LogP contribution is -2.14. The Morgan fingerprint density at radius 3 is 1.76 bits per heavy atom. The first kappa shape index (κ1) is 25.3. The lowest BCUT2D eigenvalue weighted by Gasteiger charge is -2.22. The van der Waals surface area contributed by atoms with E-state index >= 15 is 0 Å². The molecule has 10 aromatic rings. The largest absolute Gasteiger partial charge is 0.443 e. The average molecular weight is 732 g/mol. The van der Waals surface area contributed by atoms with Gasteiger partial charge >= 0.3 is 0 Å². The summed E-state index contributed by atoms with van der Waals surface area (Å²) in [6.45, 7) is -5.95. The van der Waals surface area contributed by atoms with Crippen LogP contribution in [0.15, 0.2) is 162 Å². The monoisotopic (exact) mass is 731 g/mol. The molecule has 6 heteroatoms. The zero-order valence-corrected chi connectivity index (χ0v) is 29.9. The van der Waals surface area contributed by atoms with Gasteiger partial charge in [0.25, 0.3) is 0 Å². The fourth-order valence-corrected chi connectivity index (χ4v) is 9.26. The number of benzene rings is 7. The molecule has 260 valence electrons. The second-order valence-corrected chi connectivity index (χ2v) is 14.8. The van der Waals surface area contributed by atoms with Crippen molar-refractivity contribution < 1.29 is 14.0 Å². The van der Waals surface area contributed by atoms with Gasteiger partial charge in [0.1, 0.15) is 6.89 Å². The van der Waals surface area contributed by atoms with Crippen molar-refractivity contribution in [2.75, 3.05) is 0 Å². The first-order chi connectivity index (χ1) is 29.9. The van der Waals surface area contributed by atoms with Gasteiger partial charge in [0.15, 0.2) is 29.4 Å². The molecule has 11 rings (SSSR count). The maximum absolute atomic E-state index is 8.84. The highest BCUT2D eigenvalue weighted by Crippen LogP contribution is 2.53. The van der Waals surface area contributed by atoms with Gasteiger partial charge in [-0.1, -0.05) is 147 Å². The van der Waals surface area contributed by atoms with Gasteiger partial charge in [-0.25, -0.2) is 19.9 Å². The molecular formula is C49H32N4OS. The highest BCUT2D eigenvalue weighted by molar-refractivity contribution is 7.26. The lowest BCUT2D eigenvalue weighted by atomic mass is 9.81. The van der Waals surface area contributed by atoms with Crippen molar-refractivity contribution in [3.8, 4) is 67.5 Å². The molecule has 7 aromatic carbocycles. The topological polar surface area (TPSA) is 64.7 Å². The van der Waals surface area contributed by atoms with Gasteiger partial charge in [-0.15, -0.1) is 11.3 Å². The highest BCUT2D eigenvalue weighted by atomic mass is 32.1. The molecule has 0 saturated heterocycles. The van der Waals surface area contributed by atoms with Gasteiger partial charge in [-0.2, -0.15) is 0 Å². The molecule has 0 bridgehead atoms. The van der Waals surface area contributed by atoms with Crippen LogP contribution in [0.2, 0.25) is 0 Å². The van der Waals surface area contributed by atoms with Crippen molar-refractivity contribution in [1.29, 1.82) is 0 Å². The molecule has 0 fully saturated rings. The summed E-state index contributed by atoms with van der Waals surface area (Å²) >= 11 is 1.63. The minimum Gasteiger partial charge on any atom is -0.443 e. The number of aromatic nitrogens is 4. The van der Waals surface area contributed by atoms with Gasteiger partial charge in [0.05, 0.1) is 0 Å². The van der Waals surface area contributed by atoms with E-state index in [1.165, 1.54) is 12.1 Å². The molecule has 0 aliphatic heterocycles. The number of rotatable bonds is 5. The fourth-order valence-electron chi connectivity index (χ4n) is 7.88. The Morgan fingerprint density at radius 2 is 1.11 bits per heavy atom. The van der Waals surface area contributed by atoms with Gasteiger partial charge in [-0.3, -0.25) is 0 Å². The molecule has 0 spiro atoms. The van der Waals surface area contributed by atoms with E-state index in [1.54, 1.807) is 23.5 Å². The van der Waals surface area contributed by atoms with E-state index in [1.807, 2.05) is 97.1 Å². The summed E-state index contributed by atoms with van der Waals surface area (Å²) in [6, 6.07) is 48.7. The molecule has 0 N–H and O–H groups in total. The van der Waals surface area contributed by atoms with Crippen molar-refractivity contribution in [1.82, 2.24) is 19.9 Å². The van der Waals surface area contributed by atoms with Crippen LogP contribution in [0, 0.1) is 0 Å². The summed E-state index contributed by atoms with van der Waals surface area (Å²) in [5.74, 6) is 1.72. The van der Waals surface area contributed by atoms with Crippen LogP contribution in [0.5, 0.6) is 0 Å². The summed E-state index contributed by atoms with van der Waals surface area (Å²) < 4.78 is 68.9. The third-order valence-electron chi connectivity index (χ3n) is 10.5. The Morgan fingerprint density at radius 1 is 0.527 bits per heavy atom. The molecule has 0 saturated carbocycles. The Labute approximate surface area is 331 Å². The van der Waals surface area contributed by atoms with Crippen LogP contribution >= 0.6 is 11.3 Å². The molecule has 1 aliphatic rings. The first-order valence-corrected chi connectivity index (χ1v) is 18.7. The van der Waals surface area contributed by atoms with Crippen LogP contribution in [0.1, 0.15) is 34.4 Å². The van der Waals surface area contributed by atoms with Crippen molar-refractivity contribution >= 4 is 42.6 Å². The van der Waals surface area contributed by atoms with Crippen LogP contribution in [0.25, 0.3) is 98.8 Å². The Bertz CT molecular complexity index is 3340. The van der Waals surface area contributed by atoms with Crippen molar-refractivity contribution in [2.24, 2.45) is 0 Å². The number of nitrogens with zero attached hydrogens (tertiary/aromatic N) is 4. The van der Waals surface area contributed by atoms with E-state index in [0.717, 1.165) is 53.6 Å². The van der Waals surface area contributed by atoms with E-state index in [0.29, 0.717) is 39.7 Å². The Balaban J connectivity index is 1.06. The van der Waals surface area contributed by atoms with E-state index in [4.69, 9.17) is 29.0 Å². The third-order valence-corrected chi connectivity index (χ3v) is 11.8. The average Bonchev–Trinajstić information content (AvgIpc) is 3.96. The van der Waals surface area contributed by atoms with Crippen LogP contribution in [-0.4, -0.2) is 19.9 Å². The predicted molar refractivity (Wildman–Crippen MR) is 225 cm³/mol. The Kier molecular flexibility index (Phi) is 5.58. The second-order valence-electron chi connectivity index (χ2n) is 13.7. The number of hydrogen-bond donors (Lipinski definition) is 0. The minimum absolute atomic E-state index is 0.116. The smallest absolute Gasteiger partial charge is 0.182 e. The van der Waals surface area contributed by atoms with Gasteiger partial charge in [0.2, 0.25) is 0 Å². The number of hydrogen-bond acceptors (Lipinski definition) is 6. The predicted octanol–water partition coefficient (Wildman–Crippen LogP) is 13.0. The van der Waals surface area contributed by atoms with Crippen molar-refractivity contribution in [2.45, 2.75) is 19.1 Å². The molecule has 5 nitrogen and oxygen atoms in total. The quantitative estimate of drug-likeness (QED) is 0.176. The summed E-state index contributed by atoms with van der Waals surface area (Å²) in [7, 11) is 0. The van der Waals surface area contributed by atoms with Crippen LogP contribution < -0.4 is 0 Å². The molecule has 0 atom stereocenters. The maximum atomic E-state index is 8.84. The zero-order valence-electron chi connectivity index (χ0n) is 36.0. The fraction of sp³-hybridized carbons (Fsp3) is 0.0612. The third kappa shape index (κ3) is 4.99. The van der Waals surface area contributed by atoms with Gasteiger partial charge in [-0.05, 0) is 57.1 Å². The number of thiophene rings is 1. The van der Waals surface area contributed by atoms with Gasteiger partial charge in [0, 0.05) is 56.1 Å². The summed E-state index contributed by atoms with van der Waals surface area (Å²) in [4.78, 5) is 18.9. The first-order valence-electron chi connectivity index (χ1n) is 21.4. The minimum atomic E-state index is -2.98. The lowest BCUT2D eigenvalue weighted by molar-refractivity contribution is 0.601. The Hall–Kier alpha value is -6.76.